The van der Waals surface area contributed by atoms with Crippen molar-refractivity contribution < 1.29 is 9.53 Å². The van der Waals surface area contributed by atoms with Crippen LogP contribution in [-0.2, 0) is 9.53 Å². The highest BCUT2D eigenvalue weighted by Crippen LogP contribution is 2.25. The molecule has 2 N–H and O–H groups in total. The number of rotatable bonds is 6. The summed E-state index contributed by atoms with van der Waals surface area (Å²) in [6, 6.07) is 10.3. The third-order valence-electron chi connectivity index (χ3n) is 4.28. The SMILES string of the molecule is CC1CC(C)C(C(=O)NCC(Nc2ccccc2)C(C)C)O1. The normalized spacial score (nSPS) is 26.0. The summed E-state index contributed by atoms with van der Waals surface area (Å²) in [5.74, 6) is 0.716. The summed E-state index contributed by atoms with van der Waals surface area (Å²) in [7, 11) is 0. The summed E-state index contributed by atoms with van der Waals surface area (Å²) in [6.07, 6.45) is 0.821. The standard InChI is InChI=1S/C18H28N2O2/c1-12(2)16(20-15-8-6-5-7-9-15)11-19-18(21)17-13(3)10-14(4)22-17/h5-9,12-14,16-17,20H,10-11H2,1-4H3,(H,19,21). The molecule has 1 aliphatic rings. The molecule has 4 atom stereocenters. The highest BCUT2D eigenvalue weighted by molar-refractivity contribution is 5.81. The molecule has 0 aromatic heterocycles. The fraction of sp³-hybridized carbons (Fsp3) is 0.611. The van der Waals surface area contributed by atoms with Gasteiger partial charge in [0, 0.05) is 18.3 Å². The minimum Gasteiger partial charge on any atom is -0.380 e. The van der Waals surface area contributed by atoms with Crippen molar-refractivity contribution in [2.24, 2.45) is 11.8 Å². The van der Waals surface area contributed by atoms with Gasteiger partial charge in [-0.05, 0) is 37.3 Å². The number of amides is 1. The maximum Gasteiger partial charge on any atom is 0.249 e. The topological polar surface area (TPSA) is 50.4 Å². The van der Waals surface area contributed by atoms with E-state index in [4.69, 9.17) is 4.74 Å². The molecule has 0 radical (unpaired) electrons. The summed E-state index contributed by atoms with van der Waals surface area (Å²) in [5, 5.41) is 6.54. The number of para-hydroxylation sites is 1. The van der Waals surface area contributed by atoms with Gasteiger partial charge in [0.25, 0.3) is 0 Å². The largest absolute Gasteiger partial charge is 0.380 e. The quantitative estimate of drug-likeness (QED) is 0.849. The average molecular weight is 304 g/mol. The summed E-state index contributed by atoms with van der Waals surface area (Å²) >= 11 is 0. The highest BCUT2D eigenvalue weighted by Gasteiger charge is 2.35. The van der Waals surface area contributed by atoms with Gasteiger partial charge in [0.1, 0.15) is 6.10 Å². The Labute approximate surface area is 133 Å². The van der Waals surface area contributed by atoms with E-state index < -0.39 is 0 Å². The summed E-state index contributed by atoms with van der Waals surface area (Å²) in [5.41, 5.74) is 1.08. The smallest absolute Gasteiger partial charge is 0.249 e. The van der Waals surface area contributed by atoms with Crippen molar-refractivity contribution in [2.75, 3.05) is 11.9 Å². The second-order valence-electron chi connectivity index (χ2n) is 6.69. The lowest BCUT2D eigenvalue weighted by atomic mass is 10.0. The van der Waals surface area contributed by atoms with Crippen LogP contribution in [0.25, 0.3) is 0 Å². The van der Waals surface area contributed by atoms with Crippen LogP contribution < -0.4 is 10.6 Å². The van der Waals surface area contributed by atoms with E-state index in [1.54, 1.807) is 0 Å². The fourth-order valence-electron chi connectivity index (χ4n) is 2.92. The van der Waals surface area contributed by atoms with Gasteiger partial charge in [-0.1, -0.05) is 39.0 Å². The van der Waals surface area contributed by atoms with E-state index in [0.29, 0.717) is 12.5 Å². The maximum absolute atomic E-state index is 12.3. The Morgan fingerprint density at radius 2 is 1.95 bits per heavy atom. The molecule has 0 saturated carbocycles. The molecule has 1 amide bonds. The van der Waals surface area contributed by atoms with Crippen LogP contribution in [0.1, 0.15) is 34.1 Å². The first-order valence-electron chi connectivity index (χ1n) is 8.22. The van der Waals surface area contributed by atoms with E-state index in [9.17, 15) is 4.79 Å². The Hall–Kier alpha value is -1.55. The Balaban J connectivity index is 1.88. The number of anilines is 1. The molecular weight excluding hydrogens is 276 g/mol. The Kier molecular flexibility index (Phi) is 5.83. The van der Waals surface area contributed by atoms with E-state index in [1.165, 1.54) is 0 Å². The zero-order valence-corrected chi connectivity index (χ0v) is 14.0. The molecule has 1 aliphatic heterocycles. The van der Waals surface area contributed by atoms with Crippen LogP contribution in [0.3, 0.4) is 0 Å². The van der Waals surface area contributed by atoms with Crippen LogP contribution in [0.2, 0.25) is 0 Å². The zero-order valence-electron chi connectivity index (χ0n) is 14.0. The van der Waals surface area contributed by atoms with E-state index in [1.807, 2.05) is 37.3 Å². The molecule has 1 saturated heterocycles. The number of hydrogen-bond acceptors (Lipinski definition) is 3. The van der Waals surface area contributed by atoms with Crippen molar-refractivity contribution in [1.29, 1.82) is 0 Å². The second kappa shape index (κ2) is 7.63. The Morgan fingerprint density at radius 1 is 1.27 bits per heavy atom. The molecule has 1 fully saturated rings. The van der Waals surface area contributed by atoms with Gasteiger partial charge in [0.05, 0.1) is 6.10 Å². The van der Waals surface area contributed by atoms with Crippen molar-refractivity contribution in [3.05, 3.63) is 30.3 Å². The molecule has 4 unspecified atom stereocenters. The minimum absolute atomic E-state index is 0.0114. The number of nitrogens with one attached hydrogen (secondary N) is 2. The van der Waals surface area contributed by atoms with Crippen LogP contribution in [-0.4, -0.2) is 30.7 Å². The predicted molar refractivity (Wildman–Crippen MR) is 89.8 cm³/mol. The molecule has 4 heteroatoms. The van der Waals surface area contributed by atoms with Crippen LogP contribution in [0.15, 0.2) is 30.3 Å². The number of carbonyl (C=O) groups excluding carboxylic acids is 1. The lowest BCUT2D eigenvalue weighted by Crippen LogP contribution is -2.44. The molecular formula is C18H28N2O2. The first kappa shape index (κ1) is 16.8. The van der Waals surface area contributed by atoms with Crippen molar-refractivity contribution in [3.63, 3.8) is 0 Å². The number of carbonyl (C=O) groups is 1. The van der Waals surface area contributed by atoms with E-state index in [2.05, 4.69) is 31.4 Å². The third-order valence-corrected chi connectivity index (χ3v) is 4.28. The second-order valence-corrected chi connectivity index (χ2v) is 6.69. The third kappa shape index (κ3) is 4.47. The van der Waals surface area contributed by atoms with Crippen LogP contribution in [0, 0.1) is 11.8 Å². The van der Waals surface area contributed by atoms with Gasteiger partial charge in [0.2, 0.25) is 5.91 Å². The number of ether oxygens (including phenoxy) is 1. The monoisotopic (exact) mass is 304 g/mol. The van der Waals surface area contributed by atoms with Crippen molar-refractivity contribution in [1.82, 2.24) is 5.32 Å². The van der Waals surface area contributed by atoms with Crippen LogP contribution in [0.5, 0.6) is 0 Å². The summed E-state index contributed by atoms with van der Waals surface area (Å²) in [4.78, 5) is 12.3. The molecule has 1 aromatic carbocycles. The lowest BCUT2D eigenvalue weighted by molar-refractivity contribution is -0.133. The Morgan fingerprint density at radius 3 is 2.50 bits per heavy atom. The first-order chi connectivity index (χ1) is 10.5. The van der Waals surface area contributed by atoms with Crippen molar-refractivity contribution in [2.45, 2.75) is 52.4 Å². The van der Waals surface area contributed by atoms with E-state index >= 15 is 0 Å². The number of hydrogen-bond donors (Lipinski definition) is 2. The zero-order chi connectivity index (χ0) is 16.1. The molecule has 0 bridgehead atoms. The maximum atomic E-state index is 12.3. The lowest BCUT2D eigenvalue weighted by Gasteiger charge is -2.25. The van der Waals surface area contributed by atoms with Crippen LogP contribution >= 0.6 is 0 Å². The Bertz CT molecular complexity index is 475. The minimum atomic E-state index is -0.306. The molecule has 0 aliphatic carbocycles. The average Bonchev–Trinajstić information content (AvgIpc) is 2.82. The van der Waals surface area contributed by atoms with Gasteiger partial charge in [-0.25, -0.2) is 0 Å². The van der Waals surface area contributed by atoms with Gasteiger partial charge in [-0.3, -0.25) is 4.79 Å². The molecule has 22 heavy (non-hydrogen) atoms. The van der Waals surface area contributed by atoms with Crippen molar-refractivity contribution in [3.8, 4) is 0 Å². The number of benzene rings is 1. The van der Waals surface area contributed by atoms with Gasteiger partial charge < -0.3 is 15.4 Å². The molecule has 122 valence electrons. The molecule has 2 rings (SSSR count). The van der Waals surface area contributed by atoms with Gasteiger partial charge in [0.15, 0.2) is 0 Å². The first-order valence-corrected chi connectivity index (χ1v) is 8.22. The molecule has 1 aromatic rings. The van der Waals surface area contributed by atoms with E-state index in [0.717, 1.165) is 12.1 Å². The van der Waals surface area contributed by atoms with Crippen molar-refractivity contribution >= 4 is 11.6 Å². The summed E-state index contributed by atoms with van der Waals surface area (Å²) in [6.45, 7) is 9.02. The fourth-order valence-corrected chi connectivity index (χ4v) is 2.92. The molecule has 1 heterocycles. The molecule has 0 spiro atoms. The van der Waals surface area contributed by atoms with Crippen LogP contribution in [0.4, 0.5) is 5.69 Å². The van der Waals surface area contributed by atoms with Gasteiger partial charge >= 0.3 is 0 Å². The highest BCUT2D eigenvalue weighted by atomic mass is 16.5. The molecule has 4 nitrogen and oxygen atoms in total. The van der Waals surface area contributed by atoms with Gasteiger partial charge in [-0.15, -0.1) is 0 Å². The van der Waals surface area contributed by atoms with E-state index in [-0.39, 0.29) is 30.1 Å². The predicted octanol–water partition coefficient (Wildman–Crippen LogP) is 3.05. The summed E-state index contributed by atoms with van der Waals surface area (Å²) < 4.78 is 5.71. The van der Waals surface area contributed by atoms with Gasteiger partial charge in [-0.2, -0.15) is 0 Å².